The number of benzene rings is 2. The molecule has 1 aliphatic heterocycles. The van der Waals surface area contributed by atoms with Gasteiger partial charge in [0.05, 0.1) is 11.6 Å². The molecular weight excluding hydrogens is 494 g/mol. The van der Waals surface area contributed by atoms with Crippen molar-refractivity contribution < 1.29 is 19.1 Å². The van der Waals surface area contributed by atoms with Crippen LogP contribution < -0.4 is 21.1 Å². The molecule has 0 bridgehead atoms. The minimum atomic E-state index is -0.567. The number of fused-ring (bicyclic) bond motifs is 1. The smallest absolute Gasteiger partial charge is 0.254 e. The maximum absolute atomic E-state index is 13.1. The van der Waals surface area contributed by atoms with Crippen LogP contribution in [0, 0.1) is 16.7 Å². The van der Waals surface area contributed by atoms with Gasteiger partial charge in [-0.1, -0.05) is 6.07 Å². The minimum Gasteiger partial charge on any atom is -0.474 e. The van der Waals surface area contributed by atoms with Gasteiger partial charge in [0.15, 0.2) is 0 Å². The molecule has 2 saturated carbocycles. The van der Waals surface area contributed by atoms with Crippen LogP contribution in [-0.4, -0.2) is 34.9 Å². The second-order valence-corrected chi connectivity index (χ2v) is 10.8. The molecule has 0 atom stereocenters. The summed E-state index contributed by atoms with van der Waals surface area (Å²) in [5.74, 6) is -0.493. The Kier molecular flexibility index (Phi) is 6.03. The fourth-order valence-corrected chi connectivity index (χ4v) is 6.06. The SMILES string of the molecule is N#Cc1cc(C(=O)NC2CC3(C2)CC(Oc2ncccc2C(N)=O)C3)cc(-c2ccc3c(c2)CCC(=O)N3)c1. The molecule has 196 valence electrons. The lowest BCUT2D eigenvalue weighted by molar-refractivity contribution is -0.116. The van der Waals surface area contributed by atoms with Crippen LogP contribution in [0.1, 0.15) is 63.9 Å². The number of nitriles is 1. The highest BCUT2D eigenvalue weighted by atomic mass is 16.5. The van der Waals surface area contributed by atoms with Crippen LogP contribution in [0.3, 0.4) is 0 Å². The highest BCUT2D eigenvalue weighted by Crippen LogP contribution is 2.56. The Morgan fingerprint density at radius 1 is 1.08 bits per heavy atom. The van der Waals surface area contributed by atoms with E-state index in [1.165, 1.54) is 0 Å². The first-order valence-corrected chi connectivity index (χ1v) is 13.0. The van der Waals surface area contributed by atoms with E-state index < -0.39 is 5.91 Å². The second kappa shape index (κ2) is 9.55. The number of nitrogens with one attached hydrogen (secondary N) is 2. The summed E-state index contributed by atoms with van der Waals surface area (Å²) in [7, 11) is 0. The van der Waals surface area contributed by atoms with Crippen molar-refractivity contribution in [3.8, 4) is 23.1 Å². The molecule has 3 aromatic rings. The Bertz CT molecular complexity index is 1550. The lowest BCUT2D eigenvalue weighted by atomic mass is 9.53. The molecule has 2 aliphatic carbocycles. The zero-order chi connectivity index (χ0) is 27.1. The van der Waals surface area contributed by atoms with E-state index in [4.69, 9.17) is 10.5 Å². The molecular formula is C30H27N5O4. The third-order valence-corrected chi connectivity index (χ3v) is 7.99. The van der Waals surface area contributed by atoms with Crippen LogP contribution in [0.4, 0.5) is 5.69 Å². The predicted octanol–water partition coefficient (Wildman–Crippen LogP) is 3.72. The summed E-state index contributed by atoms with van der Waals surface area (Å²) in [6, 6.07) is 16.4. The van der Waals surface area contributed by atoms with Crippen molar-refractivity contribution in [1.82, 2.24) is 10.3 Å². The van der Waals surface area contributed by atoms with E-state index in [0.29, 0.717) is 24.0 Å². The predicted molar refractivity (Wildman–Crippen MR) is 143 cm³/mol. The molecule has 6 rings (SSSR count). The number of ether oxygens (including phenoxy) is 1. The van der Waals surface area contributed by atoms with Crippen LogP contribution in [0.5, 0.6) is 5.88 Å². The standard InChI is InChI=1S/C30H27N5O4/c31-16-17-8-20(18-3-5-25-19(10-18)4-6-26(36)35-25)11-21(9-17)28(38)34-22-12-30(13-22)14-23(15-30)39-29-24(27(32)37)2-1-7-33-29/h1-3,5,7-11,22-23H,4,6,12-15H2,(H2,32,37)(H,34,38)(H,35,36). The number of carbonyl (C=O) groups is 3. The van der Waals surface area contributed by atoms with E-state index in [0.717, 1.165) is 48.1 Å². The molecule has 0 saturated heterocycles. The number of hydrogen-bond donors (Lipinski definition) is 3. The Morgan fingerprint density at radius 2 is 1.90 bits per heavy atom. The van der Waals surface area contributed by atoms with Crippen molar-refractivity contribution in [2.24, 2.45) is 11.1 Å². The highest BCUT2D eigenvalue weighted by molar-refractivity contribution is 5.97. The van der Waals surface area contributed by atoms with Crippen molar-refractivity contribution in [3.05, 3.63) is 77.0 Å². The lowest BCUT2D eigenvalue weighted by Crippen LogP contribution is -2.58. The molecule has 1 spiro atoms. The number of rotatable bonds is 6. The maximum atomic E-state index is 13.1. The number of carbonyl (C=O) groups excluding carboxylic acids is 3. The van der Waals surface area contributed by atoms with Crippen LogP contribution in [0.15, 0.2) is 54.7 Å². The molecule has 3 aliphatic rings. The zero-order valence-corrected chi connectivity index (χ0v) is 21.2. The average molecular weight is 522 g/mol. The summed E-state index contributed by atoms with van der Waals surface area (Å²) in [6.07, 6.45) is 6.01. The van der Waals surface area contributed by atoms with E-state index in [9.17, 15) is 19.6 Å². The third-order valence-electron chi connectivity index (χ3n) is 7.99. The second-order valence-electron chi connectivity index (χ2n) is 10.8. The van der Waals surface area contributed by atoms with E-state index in [1.54, 1.807) is 30.5 Å². The summed E-state index contributed by atoms with van der Waals surface area (Å²) in [6.45, 7) is 0. The molecule has 4 N–H and O–H groups in total. The zero-order valence-electron chi connectivity index (χ0n) is 21.2. The number of nitrogens with two attached hydrogens (primary N) is 1. The number of hydrogen-bond acceptors (Lipinski definition) is 6. The highest BCUT2D eigenvalue weighted by Gasteiger charge is 2.54. The van der Waals surface area contributed by atoms with E-state index in [1.807, 2.05) is 24.3 Å². The Labute approximate surface area is 225 Å². The van der Waals surface area contributed by atoms with Gasteiger partial charge in [-0.25, -0.2) is 4.98 Å². The van der Waals surface area contributed by atoms with Crippen molar-refractivity contribution in [2.75, 3.05) is 5.32 Å². The fourth-order valence-electron chi connectivity index (χ4n) is 6.06. The molecule has 9 heteroatoms. The van der Waals surface area contributed by atoms with Gasteiger partial charge in [0.2, 0.25) is 11.8 Å². The van der Waals surface area contributed by atoms with Gasteiger partial charge >= 0.3 is 0 Å². The molecule has 3 amide bonds. The lowest BCUT2D eigenvalue weighted by Gasteiger charge is -2.57. The van der Waals surface area contributed by atoms with Gasteiger partial charge in [-0.05, 0) is 96.7 Å². The Balaban J connectivity index is 1.08. The first-order valence-electron chi connectivity index (χ1n) is 13.0. The largest absolute Gasteiger partial charge is 0.474 e. The summed E-state index contributed by atoms with van der Waals surface area (Å²) in [5, 5.41) is 15.6. The molecule has 2 heterocycles. The minimum absolute atomic E-state index is 0.00818. The van der Waals surface area contributed by atoms with Gasteiger partial charge in [0.1, 0.15) is 11.7 Å². The van der Waals surface area contributed by atoms with Crippen LogP contribution in [0.2, 0.25) is 0 Å². The normalized spacial score (nSPS) is 22.9. The summed E-state index contributed by atoms with van der Waals surface area (Å²) >= 11 is 0. The van der Waals surface area contributed by atoms with Gasteiger partial charge in [-0.3, -0.25) is 14.4 Å². The number of amides is 3. The van der Waals surface area contributed by atoms with Gasteiger partial charge in [-0.2, -0.15) is 5.26 Å². The van der Waals surface area contributed by atoms with Gasteiger partial charge in [0.25, 0.3) is 11.8 Å². The van der Waals surface area contributed by atoms with Crippen LogP contribution in [0.25, 0.3) is 11.1 Å². The fraction of sp³-hybridized carbons (Fsp3) is 0.300. The summed E-state index contributed by atoms with van der Waals surface area (Å²) < 4.78 is 5.93. The topological polar surface area (TPSA) is 147 Å². The number of nitrogens with zero attached hydrogens (tertiary/aromatic N) is 2. The van der Waals surface area contributed by atoms with Crippen molar-refractivity contribution in [2.45, 2.75) is 50.7 Å². The number of pyridine rings is 1. The summed E-state index contributed by atoms with van der Waals surface area (Å²) in [4.78, 5) is 40.6. The molecule has 1 aromatic heterocycles. The molecule has 39 heavy (non-hydrogen) atoms. The number of primary amides is 1. The Morgan fingerprint density at radius 3 is 2.67 bits per heavy atom. The number of anilines is 1. The molecule has 2 fully saturated rings. The molecule has 2 aromatic carbocycles. The quantitative estimate of drug-likeness (QED) is 0.450. The van der Waals surface area contributed by atoms with Gasteiger partial charge in [-0.15, -0.1) is 0 Å². The van der Waals surface area contributed by atoms with Gasteiger partial charge in [0, 0.05) is 29.9 Å². The molecule has 9 nitrogen and oxygen atoms in total. The molecule has 0 radical (unpaired) electrons. The molecule has 0 unspecified atom stereocenters. The number of aryl methyl sites for hydroxylation is 1. The first-order chi connectivity index (χ1) is 18.8. The third kappa shape index (κ3) is 4.81. The van der Waals surface area contributed by atoms with Crippen LogP contribution in [-0.2, 0) is 11.2 Å². The average Bonchev–Trinajstić information content (AvgIpc) is 2.90. The summed E-state index contributed by atoms with van der Waals surface area (Å²) in [5.41, 5.74) is 10.2. The monoisotopic (exact) mass is 521 g/mol. The van der Waals surface area contributed by atoms with Gasteiger partial charge < -0.3 is 21.1 Å². The van der Waals surface area contributed by atoms with E-state index in [2.05, 4.69) is 21.7 Å². The Hall–Kier alpha value is -4.71. The first kappa shape index (κ1) is 24.6. The van der Waals surface area contributed by atoms with Crippen molar-refractivity contribution >= 4 is 23.4 Å². The van der Waals surface area contributed by atoms with Crippen molar-refractivity contribution in [3.63, 3.8) is 0 Å². The maximum Gasteiger partial charge on any atom is 0.254 e. The van der Waals surface area contributed by atoms with E-state index in [-0.39, 0.29) is 40.8 Å². The van der Waals surface area contributed by atoms with E-state index >= 15 is 0 Å². The number of aromatic nitrogens is 1. The van der Waals surface area contributed by atoms with Crippen LogP contribution >= 0.6 is 0 Å². The van der Waals surface area contributed by atoms with Crippen molar-refractivity contribution in [1.29, 1.82) is 5.26 Å².